The van der Waals surface area contributed by atoms with Crippen molar-refractivity contribution >= 4 is 63.3 Å². The van der Waals surface area contributed by atoms with Crippen LogP contribution in [0.4, 0.5) is 0 Å². The summed E-state index contributed by atoms with van der Waals surface area (Å²) in [7, 11) is 0. The van der Waals surface area contributed by atoms with Crippen LogP contribution in [-0.4, -0.2) is 81.5 Å². The average molecular weight is 172 g/mol. The fourth-order valence-corrected chi connectivity index (χ4v) is 0.246. The predicted octanol–water partition coefficient (Wildman–Crippen LogP) is -2.50. The number of hydrogen-bond donors (Lipinski definition) is 3. The van der Waals surface area contributed by atoms with E-state index in [0.717, 1.165) is 0 Å². The summed E-state index contributed by atoms with van der Waals surface area (Å²) in [5.41, 5.74) is 4.85. The van der Waals surface area contributed by atoms with Gasteiger partial charge in [0.15, 0.2) is 0 Å². The van der Waals surface area contributed by atoms with Crippen molar-refractivity contribution in [1.29, 1.82) is 0 Å². The molecule has 4 N–H and O–H groups in total. The van der Waals surface area contributed by atoms with Gasteiger partial charge in [-0.2, -0.15) is 0 Å². The Balaban J connectivity index is 0. The van der Waals surface area contributed by atoms with Crippen molar-refractivity contribution in [3.8, 4) is 0 Å². The molecule has 0 spiro atoms. The van der Waals surface area contributed by atoms with E-state index in [1.165, 1.54) is 0 Å². The van der Waals surface area contributed by atoms with Gasteiger partial charge in [0, 0.05) is 0 Å². The summed E-state index contributed by atoms with van der Waals surface area (Å²) in [5, 5.41) is 10.1. The third kappa shape index (κ3) is 8.54. The van der Waals surface area contributed by atoms with E-state index in [4.69, 9.17) is 10.8 Å². The van der Waals surface area contributed by atoms with E-state index < -0.39 is 11.9 Å². The van der Waals surface area contributed by atoms with Crippen LogP contribution >= 0.6 is 0 Å². The summed E-state index contributed by atoms with van der Waals surface area (Å²) in [5.74, 6) is -1.53. The molecule has 0 aliphatic heterocycles. The molecule has 0 aromatic heterocycles. The van der Waals surface area contributed by atoms with Crippen LogP contribution in [0.5, 0.6) is 0 Å². The zero-order valence-electron chi connectivity index (χ0n) is 4.76. The van der Waals surface area contributed by atoms with Gasteiger partial charge in [-0.15, -0.1) is 0 Å². The standard InChI is InChI=1S/C4H8N2O3.K.H/c5-1-3(7)6-2-4(8)9;;/h1-2,5H2,(H,6,7)(H,8,9);;. The van der Waals surface area contributed by atoms with Gasteiger partial charge in [-0.25, -0.2) is 0 Å². The maximum atomic E-state index is 10.2. The molecular weight excluding hydrogens is 163 g/mol. The Morgan fingerprint density at radius 2 is 2.00 bits per heavy atom. The quantitative estimate of drug-likeness (QED) is 0.410. The molecule has 54 valence electrons. The number of nitrogens with two attached hydrogens (primary N) is 1. The Morgan fingerprint density at radius 1 is 1.50 bits per heavy atom. The Labute approximate surface area is 101 Å². The van der Waals surface area contributed by atoms with Crippen molar-refractivity contribution in [3.05, 3.63) is 0 Å². The SMILES string of the molecule is NCC(=O)NCC(=O)O.[KH]. The Bertz CT molecular complexity index is 128. The van der Waals surface area contributed by atoms with Crippen molar-refractivity contribution in [2.24, 2.45) is 5.73 Å². The summed E-state index contributed by atoms with van der Waals surface area (Å²) in [6.45, 7) is -0.538. The fraction of sp³-hybridized carbons (Fsp3) is 0.500. The molecule has 0 aliphatic carbocycles. The van der Waals surface area contributed by atoms with Crippen LogP contribution in [0, 0.1) is 0 Å². The zero-order chi connectivity index (χ0) is 7.28. The third-order valence-electron chi connectivity index (χ3n) is 0.622. The molecule has 0 aliphatic rings. The summed E-state index contributed by atoms with van der Waals surface area (Å²) in [6.07, 6.45) is 0. The molecule has 0 saturated heterocycles. The molecule has 0 rings (SSSR count). The number of amides is 1. The molecule has 0 unspecified atom stereocenters. The third-order valence-corrected chi connectivity index (χ3v) is 0.622. The van der Waals surface area contributed by atoms with Gasteiger partial charge in [-0.1, -0.05) is 0 Å². The number of aliphatic carboxylic acids is 1. The molecule has 5 nitrogen and oxygen atoms in total. The fourth-order valence-electron chi connectivity index (χ4n) is 0.246. The molecule has 0 fully saturated rings. The Hall–Kier alpha value is 0.536. The molecule has 1 amide bonds. The van der Waals surface area contributed by atoms with Crippen LogP contribution < -0.4 is 11.1 Å². The summed E-state index contributed by atoms with van der Waals surface area (Å²) < 4.78 is 0. The number of rotatable bonds is 3. The molecule has 0 heterocycles. The van der Waals surface area contributed by atoms with E-state index in [1.807, 2.05) is 0 Å². The van der Waals surface area contributed by atoms with Crippen molar-refractivity contribution in [2.75, 3.05) is 13.1 Å². The normalized spacial score (nSPS) is 7.70. The van der Waals surface area contributed by atoms with E-state index in [9.17, 15) is 9.59 Å². The van der Waals surface area contributed by atoms with Crippen molar-refractivity contribution in [2.45, 2.75) is 0 Å². The maximum absolute atomic E-state index is 10.2. The number of carboxylic acids is 1. The second-order valence-corrected chi connectivity index (χ2v) is 1.37. The molecule has 0 aromatic rings. The van der Waals surface area contributed by atoms with Gasteiger partial charge in [0.25, 0.3) is 0 Å². The average Bonchev–Trinajstić information content (AvgIpc) is 1.83. The minimum absolute atomic E-state index is 0. The first kappa shape index (κ1) is 13.1. The molecule has 10 heavy (non-hydrogen) atoms. The van der Waals surface area contributed by atoms with Gasteiger partial charge in [-0.05, 0) is 0 Å². The number of carbonyl (C=O) groups excluding carboxylic acids is 1. The van der Waals surface area contributed by atoms with Crippen LogP contribution in [0.25, 0.3) is 0 Å². The van der Waals surface area contributed by atoms with Crippen molar-refractivity contribution in [1.82, 2.24) is 5.32 Å². The van der Waals surface area contributed by atoms with E-state index in [2.05, 4.69) is 5.32 Å². The van der Waals surface area contributed by atoms with Gasteiger partial charge in [0.2, 0.25) is 5.91 Å². The molecule has 0 atom stereocenters. The number of hydrogen-bond acceptors (Lipinski definition) is 3. The molecular formula is C4H9KN2O3. The summed E-state index contributed by atoms with van der Waals surface area (Å²) >= 11 is 0. The number of nitrogens with one attached hydrogen (secondary N) is 1. The van der Waals surface area contributed by atoms with E-state index >= 15 is 0 Å². The molecule has 0 aromatic carbocycles. The first-order valence-electron chi connectivity index (χ1n) is 2.35. The number of carboxylic acid groups (broad SMARTS) is 1. The molecule has 0 bridgehead atoms. The minimum atomic E-state index is -1.07. The van der Waals surface area contributed by atoms with E-state index in [1.54, 1.807) is 0 Å². The molecule has 6 heteroatoms. The Morgan fingerprint density at radius 3 is 2.30 bits per heavy atom. The van der Waals surface area contributed by atoms with Gasteiger partial charge in [0.1, 0.15) is 6.54 Å². The van der Waals surface area contributed by atoms with Crippen LogP contribution in [0.15, 0.2) is 0 Å². The van der Waals surface area contributed by atoms with Gasteiger partial charge < -0.3 is 16.2 Å². The topological polar surface area (TPSA) is 92.4 Å². The first-order valence-corrected chi connectivity index (χ1v) is 2.35. The van der Waals surface area contributed by atoms with E-state index in [0.29, 0.717) is 0 Å². The van der Waals surface area contributed by atoms with Gasteiger partial charge in [-0.3, -0.25) is 9.59 Å². The van der Waals surface area contributed by atoms with E-state index in [-0.39, 0.29) is 64.5 Å². The van der Waals surface area contributed by atoms with Crippen molar-refractivity contribution < 1.29 is 14.7 Å². The van der Waals surface area contributed by atoms with Crippen LogP contribution in [0.3, 0.4) is 0 Å². The first-order chi connectivity index (χ1) is 4.16. The molecule has 0 saturated carbocycles. The van der Waals surface area contributed by atoms with Crippen molar-refractivity contribution in [3.63, 3.8) is 0 Å². The van der Waals surface area contributed by atoms with Crippen LogP contribution in [0.1, 0.15) is 0 Å². The second-order valence-electron chi connectivity index (χ2n) is 1.37. The van der Waals surface area contributed by atoms with Gasteiger partial charge >= 0.3 is 57.4 Å². The zero-order valence-corrected chi connectivity index (χ0v) is 4.76. The van der Waals surface area contributed by atoms with Crippen LogP contribution in [0.2, 0.25) is 0 Å². The Kier molecular flexibility index (Phi) is 10.0. The summed E-state index contributed by atoms with van der Waals surface area (Å²) in [6, 6.07) is 0. The monoisotopic (exact) mass is 172 g/mol. The van der Waals surface area contributed by atoms with Crippen LogP contribution in [-0.2, 0) is 9.59 Å². The van der Waals surface area contributed by atoms with Gasteiger partial charge in [0.05, 0.1) is 6.54 Å². The molecule has 0 radical (unpaired) electrons. The number of carbonyl (C=O) groups is 2. The predicted molar refractivity (Wildman–Crippen MR) is 36.8 cm³/mol. The summed E-state index contributed by atoms with van der Waals surface area (Å²) in [4.78, 5) is 20.0. The second kappa shape index (κ2) is 7.64.